The van der Waals surface area contributed by atoms with E-state index in [2.05, 4.69) is 43.9 Å². The molecule has 3 N–H and O–H groups in total. The molecule has 0 atom stereocenters. The molecule has 0 spiro atoms. The van der Waals surface area contributed by atoms with Crippen LogP contribution in [0.15, 0.2) is 46.8 Å². The Morgan fingerprint density at radius 1 is 1.31 bits per heavy atom. The number of guanidine groups is 1. The van der Waals surface area contributed by atoms with Crippen LogP contribution in [-0.2, 0) is 12.8 Å². The van der Waals surface area contributed by atoms with E-state index < -0.39 is 0 Å². The molecule has 0 fully saturated rings. The number of aryl methyl sites for hydroxylation is 1. The molecular weight excluding hydrogens is 540 g/mol. The second-order valence-corrected chi connectivity index (χ2v) is 8.07. The Morgan fingerprint density at radius 3 is 2.69 bits per heavy atom. The first-order valence-electron chi connectivity index (χ1n) is 10.0. The molecule has 0 aliphatic heterocycles. The third-order valence-corrected chi connectivity index (χ3v) is 5.83. The van der Waals surface area contributed by atoms with Crippen LogP contribution in [-0.4, -0.2) is 47.8 Å². The van der Waals surface area contributed by atoms with E-state index in [-0.39, 0.29) is 35.6 Å². The number of aromatic nitrogens is 2. The maximum atomic E-state index is 13.2. The number of halogens is 2. The topological polar surface area (TPSA) is 95.3 Å². The summed E-state index contributed by atoms with van der Waals surface area (Å²) in [4.78, 5) is 7.79. The number of nitrogens with two attached hydrogens (primary N) is 1. The van der Waals surface area contributed by atoms with E-state index in [1.54, 1.807) is 30.5 Å². The summed E-state index contributed by atoms with van der Waals surface area (Å²) in [5.41, 5.74) is 7.73. The highest BCUT2D eigenvalue weighted by Gasteiger charge is 2.16. The van der Waals surface area contributed by atoms with Crippen LogP contribution in [0.1, 0.15) is 22.6 Å². The molecule has 3 rings (SSSR count). The Hall–Kier alpha value is -2.65. The standard InChI is InChI=1S/C22H26FN7S.HI/c1-26-22(29(2)13-11-18-5-4-14-31-18)27-12-3-6-20-19(15-24)21(25)30(28-20)17-9-7-16(23)8-10-17;/h4-5,7-10,14H,3,6,11-13,25H2,1-2H3,(H,26,27);1H. The number of anilines is 1. The molecule has 2 aromatic heterocycles. The Labute approximate surface area is 208 Å². The molecule has 2 heterocycles. The number of rotatable bonds is 8. The third-order valence-electron chi connectivity index (χ3n) is 4.90. The number of nitrogens with one attached hydrogen (secondary N) is 1. The number of nitriles is 1. The maximum Gasteiger partial charge on any atom is 0.193 e. The lowest BCUT2D eigenvalue weighted by atomic mass is 10.1. The van der Waals surface area contributed by atoms with Crippen molar-refractivity contribution in [2.24, 2.45) is 4.99 Å². The SMILES string of the molecule is CN=C(NCCCc1nn(-c2ccc(F)cc2)c(N)c1C#N)N(C)CCc1cccs1.I. The van der Waals surface area contributed by atoms with E-state index in [1.807, 2.05) is 7.05 Å². The molecule has 0 bridgehead atoms. The number of hydrogen-bond donors (Lipinski definition) is 2. The van der Waals surface area contributed by atoms with Gasteiger partial charge in [-0.3, -0.25) is 4.99 Å². The van der Waals surface area contributed by atoms with Gasteiger partial charge >= 0.3 is 0 Å². The van der Waals surface area contributed by atoms with Gasteiger partial charge in [-0.25, -0.2) is 9.07 Å². The van der Waals surface area contributed by atoms with Crippen molar-refractivity contribution >= 4 is 47.1 Å². The summed E-state index contributed by atoms with van der Waals surface area (Å²) in [6.07, 6.45) is 2.32. The second-order valence-electron chi connectivity index (χ2n) is 7.04. The lowest BCUT2D eigenvalue weighted by molar-refractivity contribution is 0.485. The zero-order chi connectivity index (χ0) is 22.2. The third kappa shape index (κ3) is 6.43. The molecule has 0 amide bonds. The van der Waals surface area contributed by atoms with Gasteiger partial charge in [-0.2, -0.15) is 10.4 Å². The van der Waals surface area contributed by atoms with Crippen LogP contribution in [0.3, 0.4) is 0 Å². The van der Waals surface area contributed by atoms with E-state index in [1.165, 1.54) is 21.7 Å². The van der Waals surface area contributed by atoms with Crippen molar-refractivity contribution in [1.82, 2.24) is 20.0 Å². The normalized spacial score (nSPS) is 11.0. The molecule has 10 heteroatoms. The molecule has 0 saturated carbocycles. The zero-order valence-corrected chi connectivity index (χ0v) is 21.2. The van der Waals surface area contributed by atoms with Crippen molar-refractivity contribution in [1.29, 1.82) is 5.26 Å². The van der Waals surface area contributed by atoms with E-state index in [0.717, 1.165) is 25.3 Å². The van der Waals surface area contributed by atoms with Crippen LogP contribution < -0.4 is 11.1 Å². The van der Waals surface area contributed by atoms with Crippen LogP contribution in [0, 0.1) is 17.1 Å². The molecule has 7 nitrogen and oxygen atoms in total. The fraction of sp³-hybridized carbons (Fsp3) is 0.318. The predicted molar refractivity (Wildman–Crippen MR) is 138 cm³/mol. The summed E-state index contributed by atoms with van der Waals surface area (Å²) in [6.45, 7) is 1.56. The summed E-state index contributed by atoms with van der Waals surface area (Å²) in [5, 5.41) is 19.4. The van der Waals surface area contributed by atoms with Gasteiger partial charge in [-0.15, -0.1) is 35.3 Å². The number of aliphatic imine (C=N–C) groups is 1. The molecule has 3 aromatic rings. The number of hydrogen-bond acceptors (Lipinski definition) is 5. The minimum absolute atomic E-state index is 0. The van der Waals surface area contributed by atoms with Crippen molar-refractivity contribution in [3.8, 4) is 11.8 Å². The quantitative estimate of drug-likeness (QED) is 0.187. The Kier molecular flexibility index (Phi) is 9.93. The number of likely N-dealkylation sites (N-methyl/N-ethyl adjacent to an activating group) is 1. The summed E-state index contributed by atoms with van der Waals surface area (Å²) >= 11 is 1.76. The van der Waals surface area contributed by atoms with E-state index >= 15 is 0 Å². The maximum absolute atomic E-state index is 13.2. The zero-order valence-electron chi connectivity index (χ0n) is 18.1. The van der Waals surface area contributed by atoms with Gasteiger partial charge in [0.2, 0.25) is 0 Å². The van der Waals surface area contributed by atoms with Crippen LogP contribution in [0.2, 0.25) is 0 Å². The van der Waals surface area contributed by atoms with Crippen molar-refractivity contribution in [2.75, 3.05) is 32.9 Å². The van der Waals surface area contributed by atoms with Crippen LogP contribution in [0.25, 0.3) is 5.69 Å². The molecule has 1 aromatic carbocycles. The molecule has 0 unspecified atom stereocenters. The van der Waals surface area contributed by atoms with Gasteiger partial charge in [0.1, 0.15) is 23.3 Å². The van der Waals surface area contributed by atoms with Gasteiger partial charge in [-0.1, -0.05) is 6.07 Å². The number of thiophene rings is 1. The van der Waals surface area contributed by atoms with Gasteiger partial charge in [-0.05, 0) is 55.0 Å². The van der Waals surface area contributed by atoms with Crippen molar-refractivity contribution in [2.45, 2.75) is 19.3 Å². The predicted octanol–water partition coefficient (Wildman–Crippen LogP) is 3.83. The highest BCUT2D eigenvalue weighted by Crippen LogP contribution is 2.21. The average Bonchev–Trinajstić information content (AvgIpc) is 3.40. The van der Waals surface area contributed by atoms with E-state index in [4.69, 9.17) is 5.73 Å². The van der Waals surface area contributed by atoms with Gasteiger partial charge in [0.25, 0.3) is 0 Å². The first-order valence-corrected chi connectivity index (χ1v) is 10.9. The molecule has 170 valence electrons. The minimum Gasteiger partial charge on any atom is -0.382 e. The fourth-order valence-electron chi connectivity index (χ4n) is 3.23. The van der Waals surface area contributed by atoms with Gasteiger partial charge in [0, 0.05) is 32.1 Å². The van der Waals surface area contributed by atoms with Crippen LogP contribution in [0.5, 0.6) is 0 Å². The van der Waals surface area contributed by atoms with Crippen molar-refractivity contribution < 1.29 is 4.39 Å². The first-order chi connectivity index (χ1) is 15.0. The Balaban J connectivity index is 0.00000363. The molecule has 0 aliphatic rings. The average molecular weight is 567 g/mol. The Morgan fingerprint density at radius 2 is 2.06 bits per heavy atom. The summed E-state index contributed by atoms with van der Waals surface area (Å²) in [7, 11) is 3.78. The van der Waals surface area contributed by atoms with Crippen molar-refractivity contribution in [3.05, 3.63) is 63.7 Å². The van der Waals surface area contributed by atoms with Crippen LogP contribution in [0.4, 0.5) is 10.2 Å². The fourth-order valence-corrected chi connectivity index (χ4v) is 3.93. The van der Waals surface area contributed by atoms with E-state index in [0.29, 0.717) is 29.9 Å². The largest absolute Gasteiger partial charge is 0.382 e. The summed E-state index contributed by atoms with van der Waals surface area (Å²) < 4.78 is 14.7. The summed E-state index contributed by atoms with van der Waals surface area (Å²) in [6, 6.07) is 12.2. The molecule has 0 saturated heterocycles. The van der Waals surface area contributed by atoms with Gasteiger partial charge in [0.15, 0.2) is 5.96 Å². The number of benzene rings is 1. The number of nitrogen functional groups attached to an aromatic ring is 1. The molecular formula is C22H27FIN7S. The molecule has 0 radical (unpaired) electrons. The molecule has 0 aliphatic carbocycles. The summed E-state index contributed by atoms with van der Waals surface area (Å²) in [5.74, 6) is 0.754. The van der Waals surface area contributed by atoms with Gasteiger partial charge < -0.3 is 16.0 Å². The second kappa shape index (κ2) is 12.4. The lowest BCUT2D eigenvalue weighted by Gasteiger charge is -2.21. The van der Waals surface area contributed by atoms with Crippen LogP contribution >= 0.6 is 35.3 Å². The number of nitrogens with zero attached hydrogens (tertiary/aromatic N) is 5. The van der Waals surface area contributed by atoms with Crippen molar-refractivity contribution in [3.63, 3.8) is 0 Å². The first kappa shape index (κ1) is 25.6. The highest BCUT2D eigenvalue weighted by molar-refractivity contribution is 14.0. The Bertz CT molecular complexity index is 1060. The lowest BCUT2D eigenvalue weighted by Crippen LogP contribution is -2.40. The monoisotopic (exact) mass is 567 g/mol. The van der Waals surface area contributed by atoms with Gasteiger partial charge in [0.05, 0.1) is 11.4 Å². The highest BCUT2D eigenvalue weighted by atomic mass is 127. The molecule has 32 heavy (non-hydrogen) atoms. The van der Waals surface area contributed by atoms with E-state index in [9.17, 15) is 9.65 Å². The smallest absolute Gasteiger partial charge is 0.193 e. The minimum atomic E-state index is -0.338.